The summed E-state index contributed by atoms with van der Waals surface area (Å²) in [4.78, 5) is 0. The maximum atomic E-state index is 8.94. The molecule has 0 heterocycles. The number of aliphatic hydroxyl groups is 2. The predicted octanol–water partition coefficient (Wildman–Crippen LogP) is 2.59. The number of aliphatic hydroxyl groups excluding tert-OH is 2. The first-order chi connectivity index (χ1) is 8.62. The highest BCUT2D eigenvalue weighted by Crippen LogP contribution is 2.48. The fourth-order valence-electron chi connectivity index (χ4n) is 1.74. The molecule has 0 saturated heterocycles. The summed E-state index contributed by atoms with van der Waals surface area (Å²) in [6, 6.07) is 10.5. The summed E-state index contributed by atoms with van der Waals surface area (Å²) in [6.45, 7) is 4.81. The van der Waals surface area contributed by atoms with Crippen LogP contribution in [0.15, 0.2) is 54.1 Å². The van der Waals surface area contributed by atoms with E-state index in [4.69, 9.17) is 10.2 Å². The smallest absolute Gasteiger partial charge is 0.115 e. The van der Waals surface area contributed by atoms with Crippen LogP contribution >= 0.6 is 7.47 Å². The van der Waals surface area contributed by atoms with Gasteiger partial charge >= 0.3 is 0 Å². The van der Waals surface area contributed by atoms with Gasteiger partial charge < -0.3 is 10.2 Å². The molecule has 18 heavy (non-hydrogen) atoms. The summed E-state index contributed by atoms with van der Waals surface area (Å²) in [6.07, 6.45) is 3.62. The third-order valence-corrected chi connectivity index (χ3v) is 12.5. The van der Waals surface area contributed by atoms with Crippen molar-refractivity contribution in [3.63, 3.8) is 0 Å². The molecule has 0 aliphatic rings. The third kappa shape index (κ3) is 4.18. The van der Waals surface area contributed by atoms with Crippen molar-refractivity contribution in [1.82, 2.24) is 0 Å². The molecule has 0 unspecified atom stereocenters. The molecule has 0 spiro atoms. The third-order valence-electron chi connectivity index (χ3n) is 2.87. The van der Waals surface area contributed by atoms with E-state index in [2.05, 4.69) is 49.0 Å². The van der Waals surface area contributed by atoms with Crippen LogP contribution in [-0.2, 0) is 0 Å². The largest absolute Gasteiger partial charge is 0.392 e. The second-order valence-corrected chi connectivity index (χ2v) is 14.5. The molecule has 1 aromatic rings. The van der Waals surface area contributed by atoms with Crippen LogP contribution in [0.2, 0.25) is 13.1 Å². The zero-order chi connectivity index (χ0) is 13.4. The minimum Gasteiger partial charge on any atom is -0.392 e. The van der Waals surface area contributed by atoms with Gasteiger partial charge in [0.1, 0.15) is 7.74 Å². The van der Waals surface area contributed by atoms with Crippen molar-refractivity contribution in [3.8, 4) is 0 Å². The molecule has 0 amide bonds. The molecular formula is C14H21O2PSi. The Morgan fingerprint density at radius 3 is 1.94 bits per heavy atom. The van der Waals surface area contributed by atoms with E-state index in [0.29, 0.717) is 0 Å². The summed E-state index contributed by atoms with van der Waals surface area (Å²) in [5.41, 5.74) is 0. The summed E-state index contributed by atoms with van der Waals surface area (Å²) in [7, 11) is -2.05. The molecule has 0 saturated carbocycles. The molecule has 0 radical (unpaired) electrons. The van der Waals surface area contributed by atoms with Crippen LogP contribution in [0.25, 0.3) is 0 Å². The van der Waals surface area contributed by atoms with Crippen molar-refractivity contribution in [2.24, 2.45) is 0 Å². The highest BCUT2D eigenvalue weighted by atomic mass is 31.4. The minimum atomic E-state index is -1.61. The lowest BCUT2D eigenvalue weighted by Gasteiger charge is -2.29. The zero-order valence-corrected chi connectivity index (χ0v) is 12.8. The van der Waals surface area contributed by atoms with Crippen molar-refractivity contribution >= 4 is 20.4 Å². The Labute approximate surface area is 111 Å². The normalized spacial score (nSPS) is 12.9. The Morgan fingerprint density at radius 1 is 1.00 bits per heavy atom. The second kappa shape index (κ2) is 7.65. The highest BCUT2D eigenvalue weighted by Gasteiger charge is 2.29. The highest BCUT2D eigenvalue weighted by molar-refractivity contribution is 8.00. The average Bonchev–Trinajstić information content (AvgIpc) is 2.39. The molecule has 98 valence electrons. The van der Waals surface area contributed by atoms with Gasteiger partial charge in [-0.25, -0.2) is 0 Å². The molecule has 2 nitrogen and oxygen atoms in total. The Morgan fingerprint density at radius 2 is 1.50 bits per heavy atom. The van der Waals surface area contributed by atoms with Crippen LogP contribution in [0.1, 0.15) is 0 Å². The summed E-state index contributed by atoms with van der Waals surface area (Å²) in [5.74, 6) is 4.22. The molecule has 1 rings (SSSR count). The first-order valence-electron chi connectivity index (χ1n) is 6.02. The Kier molecular flexibility index (Phi) is 6.51. The molecule has 0 atom stereocenters. The fraction of sp³-hybridized carbons (Fsp3) is 0.286. The lowest BCUT2D eigenvalue weighted by atomic mass is 10.4. The van der Waals surface area contributed by atoms with E-state index in [0.717, 1.165) is 0 Å². The van der Waals surface area contributed by atoms with Gasteiger partial charge in [-0.15, -0.1) is 0 Å². The Hall–Kier alpha value is -0.733. The van der Waals surface area contributed by atoms with Crippen molar-refractivity contribution in [3.05, 3.63) is 54.1 Å². The van der Waals surface area contributed by atoms with Crippen molar-refractivity contribution in [2.75, 3.05) is 13.2 Å². The lowest BCUT2D eigenvalue weighted by molar-refractivity contribution is 0.343. The molecule has 0 bridgehead atoms. The van der Waals surface area contributed by atoms with Gasteiger partial charge in [0, 0.05) is 0 Å². The quantitative estimate of drug-likeness (QED) is 0.621. The lowest BCUT2D eigenvalue weighted by Crippen LogP contribution is -2.38. The predicted molar refractivity (Wildman–Crippen MR) is 82.9 cm³/mol. The van der Waals surface area contributed by atoms with E-state index in [9.17, 15) is 0 Å². The molecule has 0 aliphatic heterocycles. The minimum absolute atomic E-state index is 0.0745. The first kappa shape index (κ1) is 15.3. The number of hydrogen-bond donors (Lipinski definition) is 2. The number of rotatable bonds is 6. The van der Waals surface area contributed by atoms with Gasteiger partial charge in [-0.3, -0.25) is 0 Å². The average molecular weight is 280 g/mol. The maximum Gasteiger partial charge on any atom is 0.115 e. The summed E-state index contributed by atoms with van der Waals surface area (Å²) < 4.78 is 0. The van der Waals surface area contributed by atoms with Crippen LogP contribution in [0.5, 0.6) is 0 Å². The topological polar surface area (TPSA) is 40.5 Å². The van der Waals surface area contributed by atoms with Gasteiger partial charge in [0.05, 0.1) is 13.2 Å². The van der Waals surface area contributed by atoms with E-state index in [1.165, 1.54) is 5.19 Å². The monoisotopic (exact) mass is 280 g/mol. The van der Waals surface area contributed by atoms with Gasteiger partial charge in [-0.2, -0.15) is 0 Å². The summed E-state index contributed by atoms with van der Waals surface area (Å²) >= 11 is 0. The molecule has 1 aromatic carbocycles. The SMILES string of the molecule is C[Si](C)(c1ccccc1)P(/C=C/CO)/C=C/CO. The van der Waals surface area contributed by atoms with Crippen LogP contribution in [0, 0.1) is 0 Å². The standard InChI is InChI=1S/C14H21O2PSi/c1-18(2,14-8-4-3-5-9-14)17(12-6-10-15)13-7-11-16/h3-9,12-13,15-16H,10-11H2,1-2H3/b12-6+,13-7+. The second-order valence-electron chi connectivity index (χ2n) is 4.47. The van der Waals surface area contributed by atoms with Crippen LogP contribution in [-0.4, -0.2) is 31.2 Å². The van der Waals surface area contributed by atoms with Gasteiger partial charge in [-0.1, -0.05) is 79.9 Å². The van der Waals surface area contributed by atoms with E-state index in [1.54, 1.807) is 0 Å². The van der Waals surface area contributed by atoms with Gasteiger partial charge in [0.2, 0.25) is 0 Å². The van der Waals surface area contributed by atoms with Gasteiger partial charge in [0.15, 0.2) is 0 Å². The van der Waals surface area contributed by atoms with Crippen molar-refractivity contribution in [1.29, 1.82) is 0 Å². The summed E-state index contributed by atoms with van der Waals surface area (Å²) in [5, 5.41) is 19.3. The first-order valence-corrected chi connectivity index (χ1v) is 11.3. The van der Waals surface area contributed by atoms with Crippen LogP contribution in [0.3, 0.4) is 0 Å². The molecule has 0 fully saturated rings. The van der Waals surface area contributed by atoms with Crippen LogP contribution < -0.4 is 5.19 Å². The molecule has 0 aromatic heterocycles. The fourth-order valence-corrected chi connectivity index (χ4v) is 8.74. The van der Waals surface area contributed by atoms with E-state index >= 15 is 0 Å². The molecular weight excluding hydrogens is 259 g/mol. The number of benzene rings is 1. The van der Waals surface area contributed by atoms with Gasteiger partial charge in [0.25, 0.3) is 0 Å². The van der Waals surface area contributed by atoms with Crippen molar-refractivity contribution in [2.45, 2.75) is 13.1 Å². The number of hydrogen-bond acceptors (Lipinski definition) is 2. The van der Waals surface area contributed by atoms with E-state index in [1.807, 2.05) is 18.2 Å². The zero-order valence-electron chi connectivity index (χ0n) is 11.0. The molecule has 0 aliphatic carbocycles. The van der Waals surface area contributed by atoms with Gasteiger partial charge in [-0.05, 0) is 0 Å². The molecule has 4 heteroatoms. The Bertz CT molecular complexity index is 388. The maximum absolute atomic E-state index is 8.94. The Balaban J connectivity index is 3.02. The van der Waals surface area contributed by atoms with E-state index in [-0.39, 0.29) is 13.2 Å². The van der Waals surface area contributed by atoms with E-state index < -0.39 is 15.2 Å². The van der Waals surface area contributed by atoms with Crippen LogP contribution in [0.4, 0.5) is 0 Å². The van der Waals surface area contributed by atoms with Crippen molar-refractivity contribution < 1.29 is 10.2 Å². The molecule has 2 N–H and O–H groups in total.